The van der Waals surface area contributed by atoms with E-state index in [1.165, 1.54) is 18.2 Å². The highest BCUT2D eigenvalue weighted by Gasteiger charge is 2.38. The van der Waals surface area contributed by atoms with E-state index in [2.05, 4.69) is 43.0 Å². The molecule has 2 aliphatic rings. The van der Waals surface area contributed by atoms with E-state index in [-0.39, 0.29) is 29.8 Å². The first kappa shape index (κ1) is 18.0. The number of ether oxygens (including phenoxy) is 1. The number of carbonyl (C=O) groups is 2. The normalized spacial score (nSPS) is 29.5. The summed E-state index contributed by atoms with van der Waals surface area (Å²) < 4.78 is 4.84. The number of amides is 1. The van der Waals surface area contributed by atoms with Crippen molar-refractivity contribution in [3.8, 4) is 0 Å². The zero-order valence-electron chi connectivity index (χ0n) is 15.5. The van der Waals surface area contributed by atoms with Gasteiger partial charge in [0.05, 0.1) is 13.0 Å². The second-order valence-corrected chi connectivity index (χ2v) is 7.75. The van der Waals surface area contributed by atoms with Gasteiger partial charge in [0.25, 0.3) is 0 Å². The molecule has 4 heteroatoms. The second-order valence-electron chi connectivity index (χ2n) is 7.75. The Balaban J connectivity index is 1.59. The van der Waals surface area contributed by atoms with Crippen LogP contribution in [0.5, 0.6) is 0 Å². The monoisotopic (exact) mass is 343 g/mol. The molecular formula is C21H29NO3. The molecule has 0 bridgehead atoms. The van der Waals surface area contributed by atoms with Gasteiger partial charge in [-0.25, -0.2) is 0 Å². The quantitative estimate of drug-likeness (QED) is 0.787. The van der Waals surface area contributed by atoms with Gasteiger partial charge >= 0.3 is 5.97 Å². The lowest BCUT2D eigenvalue weighted by atomic mass is 9.81. The molecule has 2 atom stereocenters. The fourth-order valence-corrected chi connectivity index (χ4v) is 4.40. The Morgan fingerprint density at radius 1 is 1.04 bits per heavy atom. The number of esters is 1. The predicted molar refractivity (Wildman–Crippen MR) is 97.2 cm³/mol. The summed E-state index contributed by atoms with van der Waals surface area (Å²) in [5.74, 6) is 0.641. The first-order valence-electron chi connectivity index (χ1n) is 9.44. The van der Waals surface area contributed by atoms with Gasteiger partial charge < -0.3 is 9.64 Å². The molecule has 1 saturated heterocycles. The van der Waals surface area contributed by atoms with Gasteiger partial charge in [0, 0.05) is 24.4 Å². The number of hydrogen-bond donors (Lipinski definition) is 0. The van der Waals surface area contributed by atoms with E-state index in [0.717, 1.165) is 38.6 Å². The molecular weight excluding hydrogens is 314 g/mol. The largest absolute Gasteiger partial charge is 0.469 e. The standard InChI is InChI=1S/C21H29NO3/c1-14-4-6-16(7-5-14)19-12-15(2)22(13-19)20(23)17-8-10-18(11-9-17)21(24)25-3/h4-7,15,17-19H,8-13H2,1-3H3/t15-,17?,18?,19-/m0/s1. The van der Waals surface area contributed by atoms with Crippen molar-refractivity contribution in [1.29, 1.82) is 0 Å². The van der Waals surface area contributed by atoms with E-state index < -0.39 is 0 Å². The Kier molecular flexibility index (Phi) is 5.45. The molecule has 0 radical (unpaired) electrons. The van der Waals surface area contributed by atoms with Crippen LogP contribution in [-0.2, 0) is 14.3 Å². The lowest BCUT2D eigenvalue weighted by Crippen LogP contribution is -2.40. The maximum atomic E-state index is 13.0. The van der Waals surface area contributed by atoms with Crippen LogP contribution in [0.2, 0.25) is 0 Å². The molecule has 0 N–H and O–H groups in total. The van der Waals surface area contributed by atoms with Crippen LogP contribution in [0.3, 0.4) is 0 Å². The molecule has 1 amide bonds. The van der Waals surface area contributed by atoms with Crippen LogP contribution < -0.4 is 0 Å². The van der Waals surface area contributed by atoms with Crippen molar-refractivity contribution >= 4 is 11.9 Å². The number of likely N-dealkylation sites (tertiary alicyclic amines) is 1. The fourth-order valence-electron chi connectivity index (χ4n) is 4.40. The van der Waals surface area contributed by atoms with Crippen LogP contribution in [0, 0.1) is 18.8 Å². The molecule has 0 unspecified atom stereocenters. The van der Waals surface area contributed by atoms with Crippen molar-refractivity contribution in [2.24, 2.45) is 11.8 Å². The van der Waals surface area contributed by atoms with Gasteiger partial charge in [0.1, 0.15) is 0 Å². The minimum atomic E-state index is -0.125. The molecule has 4 nitrogen and oxygen atoms in total. The third-order valence-electron chi connectivity index (χ3n) is 6.02. The summed E-state index contributed by atoms with van der Waals surface area (Å²) in [6.07, 6.45) is 4.18. The van der Waals surface area contributed by atoms with Gasteiger partial charge in [-0.3, -0.25) is 9.59 Å². The van der Waals surface area contributed by atoms with Crippen molar-refractivity contribution in [2.45, 2.75) is 57.9 Å². The van der Waals surface area contributed by atoms with E-state index in [1.807, 2.05) is 0 Å². The predicted octanol–water partition coefficient (Wildman–Crippen LogP) is 3.68. The molecule has 3 rings (SSSR count). The van der Waals surface area contributed by atoms with Gasteiger partial charge in [-0.15, -0.1) is 0 Å². The van der Waals surface area contributed by atoms with Gasteiger partial charge in [0.2, 0.25) is 5.91 Å². The average molecular weight is 343 g/mol. The van der Waals surface area contributed by atoms with Gasteiger partial charge in [0.15, 0.2) is 0 Å². The Hall–Kier alpha value is -1.84. The minimum absolute atomic E-state index is 0.0228. The maximum Gasteiger partial charge on any atom is 0.308 e. The van der Waals surface area contributed by atoms with Crippen LogP contribution in [-0.4, -0.2) is 36.5 Å². The zero-order valence-corrected chi connectivity index (χ0v) is 15.5. The van der Waals surface area contributed by atoms with Crippen LogP contribution in [0.15, 0.2) is 24.3 Å². The van der Waals surface area contributed by atoms with Crippen LogP contribution >= 0.6 is 0 Å². The topological polar surface area (TPSA) is 46.6 Å². The number of carbonyl (C=O) groups excluding carboxylic acids is 2. The number of rotatable bonds is 3. The Morgan fingerprint density at radius 2 is 1.64 bits per heavy atom. The van der Waals surface area contributed by atoms with Crippen molar-refractivity contribution in [1.82, 2.24) is 4.90 Å². The summed E-state index contributed by atoms with van der Waals surface area (Å²) in [7, 11) is 1.44. The highest BCUT2D eigenvalue weighted by molar-refractivity contribution is 5.80. The lowest BCUT2D eigenvalue weighted by Gasteiger charge is -2.31. The Bertz CT molecular complexity index is 617. The highest BCUT2D eigenvalue weighted by Crippen LogP contribution is 2.36. The van der Waals surface area contributed by atoms with Crippen molar-refractivity contribution in [3.05, 3.63) is 35.4 Å². The summed E-state index contributed by atoms with van der Waals surface area (Å²) in [5.41, 5.74) is 2.60. The zero-order chi connectivity index (χ0) is 18.0. The van der Waals surface area contributed by atoms with Crippen LogP contribution in [0.4, 0.5) is 0 Å². The third-order valence-corrected chi connectivity index (χ3v) is 6.02. The van der Waals surface area contributed by atoms with Crippen LogP contribution in [0.1, 0.15) is 56.1 Å². The molecule has 1 saturated carbocycles. The van der Waals surface area contributed by atoms with Crippen LogP contribution in [0.25, 0.3) is 0 Å². The Morgan fingerprint density at radius 3 is 2.24 bits per heavy atom. The van der Waals surface area contributed by atoms with E-state index in [4.69, 9.17) is 4.74 Å². The highest BCUT2D eigenvalue weighted by atomic mass is 16.5. The summed E-state index contributed by atoms with van der Waals surface area (Å²) in [6, 6.07) is 8.99. The molecule has 0 aromatic heterocycles. The summed E-state index contributed by atoms with van der Waals surface area (Å²) in [5, 5.41) is 0. The van der Waals surface area contributed by atoms with Crippen molar-refractivity contribution in [3.63, 3.8) is 0 Å². The summed E-state index contributed by atoms with van der Waals surface area (Å²) >= 11 is 0. The number of hydrogen-bond acceptors (Lipinski definition) is 3. The minimum Gasteiger partial charge on any atom is -0.469 e. The van der Waals surface area contributed by atoms with E-state index in [1.54, 1.807) is 0 Å². The number of methoxy groups -OCH3 is 1. The first-order valence-corrected chi connectivity index (χ1v) is 9.44. The second kappa shape index (κ2) is 7.59. The van der Waals surface area contributed by atoms with Crippen molar-refractivity contribution in [2.75, 3.05) is 13.7 Å². The lowest BCUT2D eigenvalue weighted by molar-refractivity contribution is -0.148. The summed E-state index contributed by atoms with van der Waals surface area (Å²) in [6.45, 7) is 5.08. The maximum absolute atomic E-state index is 13.0. The molecule has 25 heavy (non-hydrogen) atoms. The molecule has 1 aliphatic heterocycles. The number of nitrogens with zero attached hydrogens (tertiary/aromatic N) is 1. The molecule has 0 spiro atoms. The molecule has 1 heterocycles. The van der Waals surface area contributed by atoms with E-state index in [0.29, 0.717) is 5.92 Å². The fraction of sp³-hybridized carbons (Fsp3) is 0.619. The smallest absolute Gasteiger partial charge is 0.308 e. The number of benzene rings is 1. The SMILES string of the molecule is COC(=O)C1CCC(C(=O)N2C[C@@H](c3ccc(C)cc3)C[C@@H]2C)CC1. The van der Waals surface area contributed by atoms with E-state index >= 15 is 0 Å². The molecule has 1 aromatic rings. The summed E-state index contributed by atoms with van der Waals surface area (Å²) in [4.78, 5) is 26.7. The van der Waals surface area contributed by atoms with E-state index in [9.17, 15) is 9.59 Å². The molecule has 1 aliphatic carbocycles. The van der Waals surface area contributed by atoms with Gasteiger partial charge in [-0.1, -0.05) is 29.8 Å². The average Bonchev–Trinajstić information content (AvgIpc) is 3.03. The molecule has 2 fully saturated rings. The first-order chi connectivity index (χ1) is 12.0. The van der Waals surface area contributed by atoms with Gasteiger partial charge in [-0.2, -0.15) is 0 Å². The Labute approximate surface area is 150 Å². The molecule has 136 valence electrons. The number of aryl methyl sites for hydroxylation is 1. The third kappa shape index (κ3) is 3.88. The van der Waals surface area contributed by atoms with Gasteiger partial charge in [-0.05, 0) is 51.5 Å². The van der Waals surface area contributed by atoms with Crippen molar-refractivity contribution < 1.29 is 14.3 Å². The molecule has 1 aromatic carbocycles.